The molecular formula is C12H18N2O4. The van der Waals surface area contributed by atoms with E-state index in [1.54, 1.807) is 20.8 Å². The molecule has 0 aromatic rings. The molecule has 1 aliphatic heterocycles. The number of likely N-dealkylation sites (tertiary alicyclic amines) is 1. The summed E-state index contributed by atoms with van der Waals surface area (Å²) in [5.74, 6) is -0.507. The fourth-order valence-electron chi connectivity index (χ4n) is 1.85. The predicted octanol–water partition coefficient (Wildman–Crippen LogP) is 1.80. The molecule has 0 aliphatic carbocycles. The van der Waals surface area contributed by atoms with Crippen molar-refractivity contribution in [3.05, 3.63) is 11.4 Å². The van der Waals surface area contributed by atoms with Gasteiger partial charge in [-0.2, -0.15) is 0 Å². The van der Waals surface area contributed by atoms with Crippen molar-refractivity contribution in [1.82, 2.24) is 4.90 Å². The third kappa shape index (κ3) is 3.13. The Morgan fingerprint density at radius 2 is 1.94 bits per heavy atom. The van der Waals surface area contributed by atoms with Crippen LogP contribution in [0.15, 0.2) is 0 Å². The molecule has 0 radical (unpaired) electrons. The molecule has 1 saturated heterocycles. The molecule has 0 aromatic carbocycles. The van der Waals surface area contributed by atoms with E-state index in [2.05, 4.69) is 9.58 Å². The quantitative estimate of drug-likeness (QED) is 0.529. The SMILES string of the molecule is [C-]#[N+]C1CC[C@@H](C(=O)OC)N1C(=O)OC(C)(C)C. The maximum absolute atomic E-state index is 12.0. The van der Waals surface area contributed by atoms with Gasteiger partial charge in [0.05, 0.1) is 7.11 Å². The number of hydrogen-bond acceptors (Lipinski definition) is 4. The van der Waals surface area contributed by atoms with Crippen LogP contribution in [-0.2, 0) is 14.3 Å². The number of ether oxygens (including phenoxy) is 2. The van der Waals surface area contributed by atoms with Gasteiger partial charge in [-0.15, -0.1) is 0 Å². The molecule has 0 aromatic heterocycles. The predicted molar refractivity (Wildman–Crippen MR) is 63.5 cm³/mol. The molecule has 0 spiro atoms. The second kappa shape index (κ2) is 5.25. The van der Waals surface area contributed by atoms with E-state index < -0.39 is 29.9 Å². The molecule has 1 unspecified atom stereocenters. The summed E-state index contributed by atoms with van der Waals surface area (Å²) in [6, 6.07) is -0.719. The van der Waals surface area contributed by atoms with Gasteiger partial charge in [0.2, 0.25) is 0 Å². The average molecular weight is 254 g/mol. The summed E-state index contributed by atoms with van der Waals surface area (Å²) in [5, 5.41) is 0. The molecule has 1 heterocycles. The van der Waals surface area contributed by atoms with Crippen LogP contribution in [0.25, 0.3) is 4.85 Å². The lowest BCUT2D eigenvalue weighted by atomic mass is 10.2. The topological polar surface area (TPSA) is 60.2 Å². The summed E-state index contributed by atoms with van der Waals surface area (Å²) in [4.78, 5) is 28.1. The summed E-state index contributed by atoms with van der Waals surface area (Å²) in [7, 11) is 1.26. The van der Waals surface area contributed by atoms with E-state index in [0.29, 0.717) is 12.8 Å². The summed E-state index contributed by atoms with van der Waals surface area (Å²) in [5.41, 5.74) is -0.660. The third-order valence-corrected chi connectivity index (χ3v) is 2.58. The number of methoxy groups -OCH3 is 1. The minimum atomic E-state index is -0.719. The third-order valence-electron chi connectivity index (χ3n) is 2.58. The molecule has 0 saturated carbocycles. The normalized spacial score (nSPS) is 23.4. The van der Waals surface area contributed by atoms with Crippen molar-refractivity contribution >= 4 is 12.1 Å². The van der Waals surface area contributed by atoms with E-state index in [4.69, 9.17) is 11.3 Å². The molecular weight excluding hydrogens is 236 g/mol. The second-order valence-corrected chi connectivity index (χ2v) is 5.11. The van der Waals surface area contributed by atoms with Gasteiger partial charge in [0.25, 0.3) is 0 Å². The monoisotopic (exact) mass is 254 g/mol. The summed E-state index contributed by atoms with van der Waals surface area (Å²) >= 11 is 0. The van der Waals surface area contributed by atoms with Crippen molar-refractivity contribution in [2.24, 2.45) is 0 Å². The van der Waals surface area contributed by atoms with Gasteiger partial charge in [-0.1, -0.05) is 0 Å². The lowest BCUT2D eigenvalue weighted by molar-refractivity contribution is -0.146. The van der Waals surface area contributed by atoms with Crippen LogP contribution in [0.4, 0.5) is 4.79 Å². The van der Waals surface area contributed by atoms with Crippen molar-refractivity contribution in [3.63, 3.8) is 0 Å². The molecule has 1 aliphatic rings. The highest BCUT2D eigenvalue weighted by molar-refractivity contribution is 5.82. The summed E-state index contributed by atoms with van der Waals surface area (Å²) in [6.07, 6.45) is -0.401. The Kier molecular flexibility index (Phi) is 4.17. The van der Waals surface area contributed by atoms with Crippen LogP contribution in [0.1, 0.15) is 33.6 Å². The number of hydrogen-bond donors (Lipinski definition) is 0. The highest BCUT2D eigenvalue weighted by atomic mass is 16.6. The lowest BCUT2D eigenvalue weighted by Crippen LogP contribution is -2.46. The van der Waals surface area contributed by atoms with E-state index in [-0.39, 0.29) is 0 Å². The fraction of sp³-hybridized carbons (Fsp3) is 0.750. The molecule has 100 valence electrons. The van der Waals surface area contributed by atoms with Crippen LogP contribution in [0.3, 0.4) is 0 Å². The maximum atomic E-state index is 12.0. The Balaban J connectivity index is 2.88. The Bertz CT molecular complexity index is 381. The molecule has 0 bridgehead atoms. The zero-order valence-electron chi connectivity index (χ0n) is 11.1. The molecule has 1 fully saturated rings. The van der Waals surface area contributed by atoms with E-state index in [1.165, 1.54) is 12.0 Å². The number of carbonyl (C=O) groups excluding carboxylic acids is 2. The van der Waals surface area contributed by atoms with E-state index in [0.717, 1.165) is 0 Å². The first-order chi connectivity index (χ1) is 8.30. The smallest absolute Gasteiger partial charge is 0.416 e. The molecule has 1 rings (SSSR count). The van der Waals surface area contributed by atoms with Gasteiger partial charge in [0, 0.05) is 6.42 Å². The van der Waals surface area contributed by atoms with Crippen LogP contribution < -0.4 is 0 Å². The van der Waals surface area contributed by atoms with Gasteiger partial charge in [0.15, 0.2) is 0 Å². The van der Waals surface area contributed by atoms with Gasteiger partial charge in [0.1, 0.15) is 11.6 Å². The number of carbonyl (C=O) groups is 2. The zero-order valence-corrected chi connectivity index (χ0v) is 11.1. The van der Waals surface area contributed by atoms with E-state index in [1.807, 2.05) is 0 Å². The highest BCUT2D eigenvalue weighted by Crippen LogP contribution is 2.28. The first-order valence-corrected chi connectivity index (χ1v) is 5.76. The van der Waals surface area contributed by atoms with Crippen molar-refractivity contribution in [3.8, 4) is 0 Å². The summed E-state index contributed by atoms with van der Waals surface area (Å²) in [6.45, 7) is 12.3. The van der Waals surface area contributed by atoms with Crippen molar-refractivity contribution in [1.29, 1.82) is 0 Å². The largest absolute Gasteiger partial charge is 0.467 e. The Labute approximate surface area is 107 Å². The molecule has 6 heteroatoms. The zero-order chi connectivity index (χ0) is 13.9. The van der Waals surface area contributed by atoms with Gasteiger partial charge in [-0.05, 0) is 27.2 Å². The van der Waals surface area contributed by atoms with Gasteiger partial charge < -0.3 is 9.47 Å². The number of amides is 1. The second-order valence-electron chi connectivity index (χ2n) is 5.11. The van der Waals surface area contributed by atoms with Gasteiger partial charge in [-0.3, -0.25) is 4.85 Å². The standard InChI is InChI=1S/C12H18N2O4/c1-12(2,3)18-11(16)14-8(10(15)17-5)6-7-9(14)13-4/h8-9H,6-7H2,1-3,5H3/t8-,9?/m0/s1. The van der Waals surface area contributed by atoms with Gasteiger partial charge >= 0.3 is 18.2 Å². The summed E-state index contributed by atoms with van der Waals surface area (Å²) < 4.78 is 9.86. The van der Waals surface area contributed by atoms with Crippen LogP contribution in [-0.4, -0.2) is 41.9 Å². The minimum Gasteiger partial charge on any atom is -0.467 e. The van der Waals surface area contributed by atoms with Crippen LogP contribution in [0, 0.1) is 6.57 Å². The van der Waals surface area contributed by atoms with Crippen molar-refractivity contribution in [2.75, 3.05) is 7.11 Å². The molecule has 2 atom stereocenters. The maximum Gasteiger partial charge on any atom is 0.416 e. The first-order valence-electron chi connectivity index (χ1n) is 5.76. The molecule has 6 nitrogen and oxygen atoms in total. The first kappa shape index (κ1) is 14.3. The number of rotatable bonds is 1. The Morgan fingerprint density at radius 1 is 1.33 bits per heavy atom. The lowest BCUT2D eigenvalue weighted by Gasteiger charge is -2.27. The Morgan fingerprint density at radius 3 is 2.39 bits per heavy atom. The number of esters is 1. The molecule has 1 amide bonds. The molecule has 18 heavy (non-hydrogen) atoms. The van der Waals surface area contributed by atoms with Crippen molar-refractivity contribution < 1.29 is 19.1 Å². The minimum absolute atomic E-state index is 0.430. The molecule has 0 N–H and O–H groups in total. The van der Waals surface area contributed by atoms with Crippen LogP contribution in [0.5, 0.6) is 0 Å². The van der Waals surface area contributed by atoms with Crippen molar-refractivity contribution in [2.45, 2.75) is 51.4 Å². The van der Waals surface area contributed by atoms with Crippen LogP contribution >= 0.6 is 0 Å². The fourth-order valence-corrected chi connectivity index (χ4v) is 1.85. The van der Waals surface area contributed by atoms with E-state index >= 15 is 0 Å². The van der Waals surface area contributed by atoms with Crippen LogP contribution in [0.2, 0.25) is 0 Å². The highest BCUT2D eigenvalue weighted by Gasteiger charge is 2.47. The van der Waals surface area contributed by atoms with Gasteiger partial charge in [-0.25, -0.2) is 21.1 Å². The number of nitrogens with zero attached hydrogens (tertiary/aromatic N) is 2. The Hall–Kier alpha value is -1.77. The average Bonchev–Trinajstić information content (AvgIpc) is 2.69. The van der Waals surface area contributed by atoms with E-state index in [9.17, 15) is 9.59 Å².